The van der Waals surface area contributed by atoms with Gasteiger partial charge in [-0.3, -0.25) is 0 Å². The lowest BCUT2D eigenvalue weighted by molar-refractivity contribution is 0.120. The molecule has 0 aliphatic heterocycles. The summed E-state index contributed by atoms with van der Waals surface area (Å²) < 4.78 is 5.21. The summed E-state index contributed by atoms with van der Waals surface area (Å²) in [5, 5.41) is 0. The maximum absolute atomic E-state index is 5.21. The van der Waals surface area contributed by atoms with E-state index in [1.54, 1.807) is 0 Å². The Morgan fingerprint density at radius 3 is 2.64 bits per heavy atom. The summed E-state index contributed by atoms with van der Waals surface area (Å²) in [5.41, 5.74) is 0. The normalized spacial score (nSPS) is 33.3. The second-order valence-electron chi connectivity index (χ2n) is 3.83. The van der Waals surface area contributed by atoms with Gasteiger partial charge in [0.1, 0.15) is 0 Å². The zero-order valence-electron chi connectivity index (χ0n) is 7.81. The molecule has 66 valence electrons. The number of hydrogen-bond donors (Lipinski definition) is 0. The molecule has 2 atom stereocenters. The third-order valence-corrected chi connectivity index (χ3v) is 2.92. The van der Waals surface area contributed by atoms with Crippen molar-refractivity contribution in [2.45, 2.75) is 39.0 Å². The van der Waals surface area contributed by atoms with Gasteiger partial charge in [0.15, 0.2) is 0 Å². The monoisotopic (exact) mass is 156 g/mol. The van der Waals surface area contributed by atoms with Crippen LogP contribution in [0.25, 0.3) is 0 Å². The quantitative estimate of drug-likeness (QED) is 0.559. The third kappa shape index (κ3) is 2.82. The Hall–Kier alpha value is -0.0400. The molecule has 1 saturated carbocycles. The van der Waals surface area contributed by atoms with Crippen molar-refractivity contribution in [1.29, 1.82) is 0 Å². The van der Waals surface area contributed by atoms with Crippen LogP contribution in [0.3, 0.4) is 0 Å². The van der Waals surface area contributed by atoms with Crippen LogP contribution < -0.4 is 0 Å². The second kappa shape index (κ2) is 4.76. The van der Waals surface area contributed by atoms with Gasteiger partial charge in [-0.1, -0.05) is 32.6 Å². The molecule has 1 heteroatoms. The van der Waals surface area contributed by atoms with E-state index >= 15 is 0 Å². The van der Waals surface area contributed by atoms with Crippen LogP contribution in [0, 0.1) is 11.8 Å². The van der Waals surface area contributed by atoms with E-state index in [2.05, 4.69) is 6.92 Å². The Morgan fingerprint density at radius 2 is 1.91 bits per heavy atom. The van der Waals surface area contributed by atoms with Crippen LogP contribution in [0.5, 0.6) is 0 Å². The summed E-state index contributed by atoms with van der Waals surface area (Å²) in [6, 6.07) is 0. The summed E-state index contributed by atoms with van der Waals surface area (Å²) in [6.45, 7) is 3.34. The number of ether oxygens (including phenoxy) is 1. The number of methoxy groups -OCH3 is 1. The van der Waals surface area contributed by atoms with Gasteiger partial charge in [-0.2, -0.15) is 0 Å². The minimum atomic E-state index is 0.836. The fraction of sp³-hybridized carbons (Fsp3) is 1.00. The zero-order valence-corrected chi connectivity index (χ0v) is 7.81. The minimum Gasteiger partial charge on any atom is -0.384 e. The molecule has 1 fully saturated rings. The van der Waals surface area contributed by atoms with Gasteiger partial charge in [-0.25, -0.2) is 0 Å². The van der Waals surface area contributed by atoms with Crippen molar-refractivity contribution >= 4 is 0 Å². The predicted molar refractivity (Wildman–Crippen MR) is 47.6 cm³/mol. The number of rotatable bonds is 2. The Morgan fingerprint density at radius 1 is 1.18 bits per heavy atom. The molecule has 0 aromatic heterocycles. The fourth-order valence-corrected chi connectivity index (χ4v) is 2.03. The zero-order chi connectivity index (χ0) is 8.10. The van der Waals surface area contributed by atoms with Crippen LogP contribution in [-0.4, -0.2) is 13.7 Å². The van der Waals surface area contributed by atoms with Crippen LogP contribution in [-0.2, 0) is 4.74 Å². The lowest BCUT2D eigenvalue weighted by Gasteiger charge is -2.19. The Balaban J connectivity index is 2.32. The molecule has 1 nitrogen and oxygen atoms in total. The first kappa shape index (κ1) is 9.05. The van der Waals surface area contributed by atoms with Crippen LogP contribution in [0.2, 0.25) is 0 Å². The van der Waals surface area contributed by atoms with Crippen molar-refractivity contribution < 1.29 is 4.74 Å². The summed E-state index contributed by atoms with van der Waals surface area (Å²) >= 11 is 0. The maximum Gasteiger partial charge on any atom is 0.0493 e. The van der Waals surface area contributed by atoms with Gasteiger partial charge in [0.25, 0.3) is 0 Å². The molecule has 1 aliphatic carbocycles. The molecule has 0 aromatic rings. The first-order valence-corrected chi connectivity index (χ1v) is 4.83. The highest BCUT2D eigenvalue weighted by molar-refractivity contribution is 4.70. The van der Waals surface area contributed by atoms with Crippen molar-refractivity contribution in [2.75, 3.05) is 13.7 Å². The standard InChI is InChI=1S/C10H20O/c1-9-6-4-3-5-7-10(9)8-11-2/h9-10H,3-8H2,1-2H3. The van der Waals surface area contributed by atoms with E-state index in [0.717, 1.165) is 18.4 Å². The lowest BCUT2D eigenvalue weighted by atomic mass is 9.90. The fourth-order valence-electron chi connectivity index (χ4n) is 2.03. The molecule has 1 aliphatic rings. The molecule has 1 rings (SSSR count). The molecule has 0 amide bonds. The van der Waals surface area contributed by atoms with Gasteiger partial charge in [-0.15, -0.1) is 0 Å². The molecular weight excluding hydrogens is 136 g/mol. The molecule has 0 bridgehead atoms. The first-order valence-electron chi connectivity index (χ1n) is 4.83. The van der Waals surface area contributed by atoms with E-state index in [4.69, 9.17) is 4.74 Å². The van der Waals surface area contributed by atoms with Crippen LogP contribution in [0.4, 0.5) is 0 Å². The van der Waals surface area contributed by atoms with Crippen LogP contribution in [0.1, 0.15) is 39.0 Å². The Kier molecular flexibility index (Phi) is 3.92. The van der Waals surface area contributed by atoms with Gasteiger partial charge in [0, 0.05) is 13.7 Å². The van der Waals surface area contributed by atoms with Gasteiger partial charge in [-0.05, 0) is 18.3 Å². The maximum atomic E-state index is 5.21. The van der Waals surface area contributed by atoms with Crippen molar-refractivity contribution in [3.8, 4) is 0 Å². The van der Waals surface area contributed by atoms with Gasteiger partial charge in [0.2, 0.25) is 0 Å². The second-order valence-corrected chi connectivity index (χ2v) is 3.83. The van der Waals surface area contributed by atoms with E-state index in [1.807, 2.05) is 7.11 Å². The molecule has 0 spiro atoms. The van der Waals surface area contributed by atoms with Crippen molar-refractivity contribution in [3.63, 3.8) is 0 Å². The van der Waals surface area contributed by atoms with Gasteiger partial charge < -0.3 is 4.74 Å². The van der Waals surface area contributed by atoms with Crippen molar-refractivity contribution in [2.24, 2.45) is 11.8 Å². The summed E-state index contributed by atoms with van der Waals surface area (Å²) in [5.74, 6) is 1.72. The van der Waals surface area contributed by atoms with Gasteiger partial charge >= 0.3 is 0 Å². The van der Waals surface area contributed by atoms with Crippen LogP contribution >= 0.6 is 0 Å². The highest BCUT2D eigenvalue weighted by Gasteiger charge is 2.18. The summed E-state index contributed by atoms with van der Waals surface area (Å²) in [7, 11) is 1.82. The molecule has 0 aromatic carbocycles. The van der Waals surface area contributed by atoms with Gasteiger partial charge in [0.05, 0.1) is 0 Å². The van der Waals surface area contributed by atoms with E-state index in [1.165, 1.54) is 32.1 Å². The van der Waals surface area contributed by atoms with Crippen molar-refractivity contribution in [1.82, 2.24) is 0 Å². The molecule has 2 unspecified atom stereocenters. The molecule has 0 N–H and O–H groups in total. The third-order valence-electron chi connectivity index (χ3n) is 2.92. The smallest absolute Gasteiger partial charge is 0.0493 e. The molecular formula is C10H20O. The van der Waals surface area contributed by atoms with E-state index < -0.39 is 0 Å². The van der Waals surface area contributed by atoms with E-state index in [0.29, 0.717) is 0 Å². The highest BCUT2D eigenvalue weighted by atomic mass is 16.5. The van der Waals surface area contributed by atoms with E-state index in [-0.39, 0.29) is 0 Å². The molecule has 0 saturated heterocycles. The lowest BCUT2D eigenvalue weighted by Crippen LogP contribution is -2.15. The first-order chi connectivity index (χ1) is 5.34. The Bertz CT molecular complexity index is 101. The average Bonchev–Trinajstić information content (AvgIpc) is 2.18. The number of hydrogen-bond acceptors (Lipinski definition) is 1. The predicted octanol–water partition coefficient (Wildman–Crippen LogP) is 2.85. The summed E-state index contributed by atoms with van der Waals surface area (Å²) in [6.07, 6.45) is 7.08. The Labute approximate surface area is 70.1 Å². The van der Waals surface area contributed by atoms with E-state index in [9.17, 15) is 0 Å². The molecule has 0 radical (unpaired) electrons. The highest BCUT2D eigenvalue weighted by Crippen LogP contribution is 2.28. The topological polar surface area (TPSA) is 9.23 Å². The molecule has 11 heavy (non-hydrogen) atoms. The average molecular weight is 156 g/mol. The molecule has 0 heterocycles. The van der Waals surface area contributed by atoms with Crippen LogP contribution in [0.15, 0.2) is 0 Å². The van der Waals surface area contributed by atoms with Crippen molar-refractivity contribution in [3.05, 3.63) is 0 Å². The largest absolute Gasteiger partial charge is 0.384 e. The SMILES string of the molecule is COCC1CCCCCC1C. The minimum absolute atomic E-state index is 0.836. The summed E-state index contributed by atoms with van der Waals surface area (Å²) in [4.78, 5) is 0.